The van der Waals surface area contributed by atoms with Crippen molar-refractivity contribution in [1.82, 2.24) is 0 Å². The molecule has 5 aromatic rings. The van der Waals surface area contributed by atoms with Gasteiger partial charge in [-0.2, -0.15) is 0 Å². The van der Waals surface area contributed by atoms with Gasteiger partial charge < -0.3 is 48.8 Å². The molecular weight excluding hydrogens is 1030 g/mol. The Labute approximate surface area is 451 Å². The number of phenols is 1. The van der Waals surface area contributed by atoms with Gasteiger partial charge in [0.15, 0.2) is 5.92 Å². The first kappa shape index (κ1) is 65.9. The Bertz CT molecular complexity index is 2630. The van der Waals surface area contributed by atoms with Crippen molar-refractivity contribution in [3.63, 3.8) is 0 Å². The number of aromatic hydroxyl groups is 1. The lowest BCUT2D eigenvalue weighted by molar-refractivity contribution is -0.157. The first-order chi connectivity index (χ1) is 35.0. The quantitative estimate of drug-likeness (QED) is 0.0565. The van der Waals surface area contributed by atoms with Crippen molar-refractivity contribution in [1.29, 1.82) is 0 Å². The van der Waals surface area contributed by atoms with Crippen molar-refractivity contribution in [3.05, 3.63) is 143 Å². The minimum atomic E-state index is -1.06. The van der Waals surface area contributed by atoms with Gasteiger partial charge in [0, 0.05) is 4.47 Å². The lowest BCUT2D eigenvalue weighted by atomic mass is 9.95. The third-order valence-electron chi connectivity index (χ3n) is 11.7. The summed E-state index contributed by atoms with van der Waals surface area (Å²) in [5, 5.41) is 35.9. The highest BCUT2D eigenvalue weighted by Crippen LogP contribution is 2.32. The fourth-order valence-electron chi connectivity index (χ4n) is 8.23. The van der Waals surface area contributed by atoms with E-state index >= 15 is 0 Å². The highest BCUT2D eigenvalue weighted by molar-refractivity contribution is 9.10. The van der Waals surface area contributed by atoms with Crippen molar-refractivity contribution >= 4 is 45.8 Å². The van der Waals surface area contributed by atoms with Crippen LogP contribution in [0.1, 0.15) is 123 Å². The number of carboxylic acids is 3. The molecular formula is C59H77BrO15. The number of carboxylic acid groups (broad SMARTS) is 3. The van der Waals surface area contributed by atoms with E-state index < -0.39 is 47.6 Å². The summed E-state index contributed by atoms with van der Waals surface area (Å²) in [5.41, 5.74) is 12.3. The van der Waals surface area contributed by atoms with Crippen LogP contribution in [-0.4, -0.2) is 91.9 Å². The number of carbonyl (C=O) groups is 5. The number of aliphatic carboxylic acids is 3. The van der Waals surface area contributed by atoms with Gasteiger partial charge in [-0.1, -0.05) is 64.5 Å². The van der Waals surface area contributed by atoms with E-state index in [9.17, 15) is 29.1 Å². The number of halogens is 1. The van der Waals surface area contributed by atoms with Crippen LogP contribution in [0.5, 0.6) is 28.7 Å². The van der Waals surface area contributed by atoms with Crippen LogP contribution in [0.2, 0.25) is 0 Å². The Kier molecular flexibility index (Phi) is 27.8. The molecule has 4 N–H and O–H groups in total. The summed E-state index contributed by atoms with van der Waals surface area (Å²) in [4.78, 5) is 56.3. The number of esters is 2. The van der Waals surface area contributed by atoms with E-state index in [1.165, 1.54) is 11.1 Å². The molecule has 0 aliphatic rings. The monoisotopic (exact) mass is 1100 g/mol. The SMILES string of the molecule is CCOC(=O)C(C(=O)OCC)c1cc(C)c(OC)c(C)c1.COc1c(C)cc(Br)cc1C.COc1c(C)cc(C(C)C(=O)O)cc1C.COc1c(C)cc(CC(=O)O)cc1C.Cc1cc(C(C)C(=O)O)cc(C)c1O. The Hall–Kier alpha value is -7.07. The number of ether oxygens (including phenoxy) is 6. The standard InChI is InChI=1S/C16H22O5.C12H16O3.2C11H14O3.C9H11BrO/c1-6-20-15(17)13(16(18)21-7-2)12-8-10(3)14(19-5)11(4)9-12;1-7-5-10(9(3)12(13)14)6-8(2)11(7)15-4;1-7-4-9(6-10(12)13)5-8(2)11(7)14-3;1-6-4-9(8(3)11(13)14)5-7(2)10(6)12;1-6-4-8(10)5-7(2)9(6)11-3/h8-9,13H,6-7H2,1-5H3;5-6,9H,1-4H3,(H,13,14);4-5H,6H2,1-3H3,(H,12,13);4-5,8,12H,1-3H3,(H,13,14);4-5H,1-3H3. The van der Waals surface area contributed by atoms with Gasteiger partial charge in [0.05, 0.1) is 59.9 Å². The molecule has 0 amide bonds. The van der Waals surface area contributed by atoms with E-state index in [0.717, 1.165) is 77.5 Å². The van der Waals surface area contributed by atoms with E-state index in [0.29, 0.717) is 16.7 Å². The number of hydrogen-bond acceptors (Lipinski definition) is 12. The van der Waals surface area contributed by atoms with Gasteiger partial charge in [0.1, 0.15) is 28.7 Å². The Balaban J connectivity index is 0.000000476. The summed E-state index contributed by atoms with van der Waals surface area (Å²) in [6, 6.07) is 18.4. The first-order valence-electron chi connectivity index (χ1n) is 24.1. The zero-order chi connectivity index (χ0) is 57.6. The molecule has 0 fully saturated rings. The molecule has 75 heavy (non-hydrogen) atoms. The summed E-state index contributed by atoms with van der Waals surface area (Å²) < 4.78 is 32.0. The van der Waals surface area contributed by atoms with Crippen LogP contribution in [0.3, 0.4) is 0 Å². The second-order valence-electron chi connectivity index (χ2n) is 17.8. The van der Waals surface area contributed by atoms with Crippen LogP contribution >= 0.6 is 15.9 Å². The van der Waals surface area contributed by atoms with Gasteiger partial charge in [-0.25, -0.2) is 0 Å². The first-order valence-corrected chi connectivity index (χ1v) is 24.9. The van der Waals surface area contributed by atoms with Gasteiger partial charge in [-0.05, 0) is 187 Å². The minimum Gasteiger partial charge on any atom is -0.507 e. The van der Waals surface area contributed by atoms with Crippen LogP contribution in [0, 0.1) is 69.2 Å². The highest BCUT2D eigenvalue weighted by atomic mass is 79.9. The summed E-state index contributed by atoms with van der Waals surface area (Å²) in [6.45, 7) is 26.1. The maximum Gasteiger partial charge on any atom is 0.324 e. The zero-order valence-electron chi connectivity index (χ0n) is 46.8. The zero-order valence-corrected chi connectivity index (χ0v) is 48.4. The molecule has 0 aromatic heterocycles. The molecule has 0 radical (unpaired) electrons. The Morgan fingerprint density at radius 2 is 0.720 bits per heavy atom. The molecule has 0 spiro atoms. The van der Waals surface area contributed by atoms with Gasteiger partial charge in [-0.3, -0.25) is 24.0 Å². The molecule has 0 aliphatic heterocycles. The van der Waals surface area contributed by atoms with E-state index in [4.69, 9.17) is 43.7 Å². The molecule has 2 unspecified atom stereocenters. The Morgan fingerprint density at radius 3 is 0.987 bits per heavy atom. The molecule has 0 bridgehead atoms. The lowest BCUT2D eigenvalue weighted by Gasteiger charge is -2.17. The number of methoxy groups -OCH3 is 4. The maximum atomic E-state index is 12.1. The van der Waals surface area contributed by atoms with Crippen molar-refractivity contribution in [3.8, 4) is 28.7 Å². The van der Waals surface area contributed by atoms with Crippen LogP contribution in [0.4, 0.5) is 0 Å². The number of hydrogen-bond donors (Lipinski definition) is 4. The third-order valence-corrected chi connectivity index (χ3v) is 12.2. The molecule has 5 aromatic carbocycles. The third kappa shape index (κ3) is 19.9. The summed E-state index contributed by atoms with van der Waals surface area (Å²) in [6.07, 6.45) is 0.0612. The molecule has 0 aliphatic carbocycles. The molecule has 5 rings (SSSR count). The largest absolute Gasteiger partial charge is 0.507 e. The highest BCUT2D eigenvalue weighted by Gasteiger charge is 2.32. The molecule has 410 valence electrons. The van der Waals surface area contributed by atoms with Crippen LogP contribution in [0.25, 0.3) is 0 Å². The molecule has 0 saturated carbocycles. The van der Waals surface area contributed by atoms with E-state index in [2.05, 4.69) is 15.9 Å². The fourth-order valence-corrected chi connectivity index (χ4v) is 8.92. The van der Waals surface area contributed by atoms with E-state index in [-0.39, 0.29) is 25.4 Å². The smallest absolute Gasteiger partial charge is 0.324 e. The van der Waals surface area contributed by atoms with Crippen LogP contribution < -0.4 is 18.9 Å². The second kappa shape index (κ2) is 31.6. The molecule has 0 heterocycles. The average molecular weight is 1110 g/mol. The topological polar surface area (TPSA) is 222 Å². The van der Waals surface area contributed by atoms with Gasteiger partial charge in [0.25, 0.3) is 0 Å². The number of phenolic OH excluding ortho intramolecular Hbond substituents is 1. The van der Waals surface area contributed by atoms with Crippen molar-refractivity contribution in [2.75, 3.05) is 41.7 Å². The number of carbonyl (C=O) groups excluding carboxylic acids is 2. The normalized spacial score (nSPS) is 11.0. The predicted octanol–water partition coefficient (Wildman–Crippen LogP) is 12.2. The van der Waals surface area contributed by atoms with Gasteiger partial charge >= 0.3 is 29.8 Å². The van der Waals surface area contributed by atoms with Crippen LogP contribution in [0.15, 0.2) is 65.1 Å². The second-order valence-corrected chi connectivity index (χ2v) is 18.8. The predicted molar refractivity (Wildman–Crippen MR) is 295 cm³/mol. The number of benzene rings is 5. The van der Waals surface area contributed by atoms with E-state index in [1.807, 2.05) is 91.8 Å². The summed E-state index contributed by atoms with van der Waals surface area (Å²) >= 11 is 3.42. The molecule has 16 heteroatoms. The molecule has 2 atom stereocenters. The van der Waals surface area contributed by atoms with Crippen molar-refractivity contribution < 1.29 is 72.8 Å². The van der Waals surface area contributed by atoms with Gasteiger partial charge in [-0.15, -0.1) is 0 Å². The lowest BCUT2D eigenvalue weighted by Crippen LogP contribution is -2.26. The van der Waals surface area contributed by atoms with Crippen molar-refractivity contribution in [2.45, 2.75) is 121 Å². The molecule has 0 saturated heterocycles. The fraction of sp³-hybridized carbons (Fsp3) is 0.407. The summed E-state index contributed by atoms with van der Waals surface area (Å²) in [7, 11) is 6.52. The number of rotatable bonds is 15. The maximum absolute atomic E-state index is 12.1. The average Bonchev–Trinajstić information content (AvgIpc) is 3.30. The summed E-state index contributed by atoms with van der Waals surface area (Å²) in [5.74, 6) is -2.11. The number of aryl methyl sites for hydroxylation is 10. The van der Waals surface area contributed by atoms with Crippen molar-refractivity contribution in [2.24, 2.45) is 0 Å². The molecule has 15 nitrogen and oxygen atoms in total. The Morgan fingerprint density at radius 1 is 0.453 bits per heavy atom. The van der Waals surface area contributed by atoms with Crippen LogP contribution in [-0.2, 0) is 39.9 Å². The minimum absolute atomic E-state index is 0.0612. The van der Waals surface area contributed by atoms with Gasteiger partial charge in [0.2, 0.25) is 0 Å². The van der Waals surface area contributed by atoms with E-state index in [1.54, 1.807) is 94.2 Å².